The van der Waals surface area contributed by atoms with Gasteiger partial charge in [-0.25, -0.2) is 0 Å². The Balaban J connectivity index is 0.000000133. The average molecular weight is 287 g/mol. The summed E-state index contributed by atoms with van der Waals surface area (Å²) in [5.41, 5.74) is 3.62. The summed E-state index contributed by atoms with van der Waals surface area (Å²) in [5, 5.41) is 12.4. The summed E-state index contributed by atoms with van der Waals surface area (Å²) in [6.45, 7) is 0. The molecule has 4 nitrogen and oxygen atoms in total. The number of amides is 1. The van der Waals surface area contributed by atoms with Gasteiger partial charge in [-0.3, -0.25) is 9.78 Å². The first-order valence-corrected chi connectivity index (χ1v) is 6.89. The van der Waals surface area contributed by atoms with Crippen LogP contribution in [-0.2, 0) is 11.2 Å². The molecule has 0 aliphatic carbocycles. The number of benzene rings is 2. The average Bonchev–Trinajstić information content (AvgIpc) is 2.95. The Kier molecular flexibility index (Phi) is 3.80. The number of para-hydroxylation sites is 1. The fraction of sp³-hybridized carbons (Fsp3) is 0.0556. The van der Waals surface area contributed by atoms with E-state index in [9.17, 15) is 4.79 Å². The molecule has 2 heterocycles. The molecule has 0 atom stereocenters. The van der Waals surface area contributed by atoms with Crippen molar-refractivity contribution < 1.29 is 4.79 Å². The topological polar surface area (TPSA) is 65.8 Å². The van der Waals surface area contributed by atoms with E-state index < -0.39 is 0 Å². The van der Waals surface area contributed by atoms with Crippen LogP contribution < -0.4 is 5.32 Å². The summed E-state index contributed by atoms with van der Waals surface area (Å²) < 4.78 is 0. The van der Waals surface area contributed by atoms with E-state index in [0.717, 1.165) is 22.2 Å². The monoisotopic (exact) mass is 287 g/mol. The van der Waals surface area contributed by atoms with Gasteiger partial charge in [0.25, 0.3) is 0 Å². The van der Waals surface area contributed by atoms with Crippen LogP contribution in [0.5, 0.6) is 0 Å². The Morgan fingerprint density at radius 2 is 1.91 bits per heavy atom. The molecular formula is C18H13N3O. The summed E-state index contributed by atoms with van der Waals surface area (Å²) in [7, 11) is 0. The van der Waals surface area contributed by atoms with Crippen LogP contribution in [0.2, 0.25) is 0 Å². The smallest absolute Gasteiger partial charge is 0.228 e. The molecule has 0 saturated heterocycles. The third-order valence-electron chi connectivity index (χ3n) is 3.41. The van der Waals surface area contributed by atoms with Crippen LogP contribution in [0.3, 0.4) is 0 Å². The van der Waals surface area contributed by atoms with Crippen LogP contribution >= 0.6 is 0 Å². The molecule has 0 unspecified atom stereocenters. The molecular weight excluding hydrogens is 274 g/mol. The number of pyridine rings is 1. The summed E-state index contributed by atoms with van der Waals surface area (Å²) >= 11 is 0. The van der Waals surface area contributed by atoms with Crippen molar-refractivity contribution in [3.8, 4) is 6.07 Å². The first-order valence-electron chi connectivity index (χ1n) is 6.89. The molecule has 1 amide bonds. The van der Waals surface area contributed by atoms with Gasteiger partial charge in [0.05, 0.1) is 23.6 Å². The third-order valence-corrected chi connectivity index (χ3v) is 3.41. The number of carbonyl (C=O) groups is 1. The zero-order valence-corrected chi connectivity index (χ0v) is 11.8. The van der Waals surface area contributed by atoms with Gasteiger partial charge in [-0.15, -0.1) is 0 Å². The van der Waals surface area contributed by atoms with Gasteiger partial charge in [0.15, 0.2) is 0 Å². The summed E-state index contributed by atoms with van der Waals surface area (Å²) in [6.07, 6.45) is 2.26. The van der Waals surface area contributed by atoms with Crippen molar-refractivity contribution in [1.29, 1.82) is 5.26 Å². The van der Waals surface area contributed by atoms with Crippen molar-refractivity contribution in [3.05, 3.63) is 71.9 Å². The summed E-state index contributed by atoms with van der Waals surface area (Å²) in [6, 6.07) is 19.2. The van der Waals surface area contributed by atoms with Crippen LogP contribution in [0.25, 0.3) is 10.9 Å². The highest BCUT2D eigenvalue weighted by molar-refractivity contribution is 5.98. The molecule has 1 aromatic heterocycles. The molecule has 0 spiro atoms. The summed E-state index contributed by atoms with van der Waals surface area (Å²) in [5.74, 6) is 0.0983. The van der Waals surface area contributed by atoms with Gasteiger partial charge >= 0.3 is 0 Å². The van der Waals surface area contributed by atoms with E-state index in [1.54, 1.807) is 12.3 Å². The van der Waals surface area contributed by atoms with Gasteiger partial charge in [-0.2, -0.15) is 5.26 Å². The normalized spacial score (nSPS) is 11.9. The van der Waals surface area contributed by atoms with Gasteiger partial charge in [0.2, 0.25) is 5.91 Å². The maximum Gasteiger partial charge on any atom is 0.228 e. The minimum atomic E-state index is 0.0983. The predicted octanol–water partition coefficient (Wildman–Crippen LogP) is 3.29. The second-order valence-corrected chi connectivity index (χ2v) is 4.87. The zero-order chi connectivity index (χ0) is 15.4. The molecule has 3 aromatic rings. The van der Waals surface area contributed by atoms with Crippen molar-refractivity contribution in [1.82, 2.24) is 4.98 Å². The van der Waals surface area contributed by atoms with E-state index >= 15 is 0 Å². The molecule has 1 aliphatic heterocycles. The Hall–Kier alpha value is -3.19. The Morgan fingerprint density at radius 3 is 2.73 bits per heavy atom. The Morgan fingerprint density at radius 1 is 1.05 bits per heavy atom. The lowest BCUT2D eigenvalue weighted by atomic mass is 10.1. The second-order valence-electron chi connectivity index (χ2n) is 4.87. The van der Waals surface area contributed by atoms with Crippen LogP contribution in [0.15, 0.2) is 60.8 Å². The van der Waals surface area contributed by atoms with Gasteiger partial charge in [0, 0.05) is 17.3 Å². The molecule has 4 heteroatoms. The minimum Gasteiger partial charge on any atom is -0.326 e. The predicted molar refractivity (Wildman–Crippen MR) is 85.2 cm³/mol. The standard InChI is InChI=1S/C10H6N2.C8H7NO/c11-7-8-3-1-5-10-9(8)4-2-6-12-10;10-8-5-6-3-1-2-4-7(6)9-8/h1-6H;1-4H,5H2,(H,9,10). The van der Waals surface area contributed by atoms with E-state index in [-0.39, 0.29) is 5.91 Å². The molecule has 106 valence electrons. The van der Waals surface area contributed by atoms with Crippen molar-refractivity contribution >= 4 is 22.5 Å². The van der Waals surface area contributed by atoms with Crippen molar-refractivity contribution in [3.63, 3.8) is 0 Å². The zero-order valence-electron chi connectivity index (χ0n) is 11.8. The number of hydrogen-bond donors (Lipinski definition) is 1. The SMILES string of the molecule is N#Cc1cccc2ncccc12.O=C1Cc2ccccc2N1. The minimum absolute atomic E-state index is 0.0983. The number of fused-ring (bicyclic) bond motifs is 2. The summed E-state index contributed by atoms with van der Waals surface area (Å²) in [4.78, 5) is 14.9. The van der Waals surface area contributed by atoms with E-state index in [4.69, 9.17) is 5.26 Å². The van der Waals surface area contributed by atoms with Gasteiger partial charge in [0.1, 0.15) is 0 Å². The number of rotatable bonds is 0. The van der Waals surface area contributed by atoms with Crippen molar-refractivity contribution in [2.75, 3.05) is 5.32 Å². The molecule has 0 radical (unpaired) electrons. The first-order chi connectivity index (χ1) is 10.8. The van der Waals surface area contributed by atoms with E-state index in [1.807, 2.05) is 48.5 Å². The number of anilines is 1. The van der Waals surface area contributed by atoms with Gasteiger partial charge < -0.3 is 5.32 Å². The molecule has 0 bridgehead atoms. The lowest BCUT2D eigenvalue weighted by Crippen LogP contribution is -2.03. The van der Waals surface area contributed by atoms with Crippen LogP contribution in [0.4, 0.5) is 5.69 Å². The Labute approximate surface area is 128 Å². The lowest BCUT2D eigenvalue weighted by Gasteiger charge is -1.96. The van der Waals surface area contributed by atoms with E-state index in [1.165, 1.54) is 0 Å². The van der Waals surface area contributed by atoms with Crippen LogP contribution in [0.1, 0.15) is 11.1 Å². The Bertz CT molecular complexity index is 848. The number of carbonyl (C=O) groups excluding carboxylic acids is 1. The number of aromatic nitrogens is 1. The maximum atomic E-state index is 10.8. The van der Waals surface area contributed by atoms with Crippen LogP contribution in [-0.4, -0.2) is 10.9 Å². The largest absolute Gasteiger partial charge is 0.326 e. The molecule has 1 N–H and O–H groups in total. The first kappa shape index (κ1) is 13.8. The fourth-order valence-corrected chi connectivity index (χ4v) is 2.36. The van der Waals surface area contributed by atoms with Gasteiger partial charge in [-0.1, -0.05) is 24.3 Å². The van der Waals surface area contributed by atoms with Crippen molar-refractivity contribution in [2.24, 2.45) is 0 Å². The quantitative estimate of drug-likeness (QED) is 0.690. The van der Waals surface area contributed by atoms with E-state index in [0.29, 0.717) is 12.0 Å². The third kappa shape index (κ3) is 2.79. The fourth-order valence-electron chi connectivity index (χ4n) is 2.36. The molecule has 0 fully saturated rings. The highest BCUT2D eigenvalue weighted by atomic mass is 16.1. The molecule has 2 aromatic carbocycles. The number of nitrogens with zero attached hydrogens (tertiary/aromatic N) is 2. The highest BCUT2D eigenvalue weighted by Gasteiger charge is 2.15. The van der Waals surface area contributed by atoms with Crippen LogP contribution in [0, 0.1) is 11.3 Å². The van der Waals surface area contributed by atoms with Gasteiger partial charge in [-0.05, 0) is 35.9 Å². The highest BCUT2D eigenvalue weighted by Crippen LogP contribution is 2.21. The van der Waals surface area contributed by atoms with Crippen molar-refractivity contribution in [2.45, 2.75) is 6.42 Å². The number of nitriles is 1. The second kappa shape index (κ2) is 6.06. The molecule has 22 heavy (non-hydrogen) atoms. The molecule has 1 aliphatic rings. The molecule has 0 saturated carbocycles. The maximum absolute atomic E-state index is 10.8. The molecule has 4 rings (SSSR count). The number of hydrogen-bond acceptors (Lipinski definition) is 3. The lowest BCUT2D eigenvalue weighted by molar-refractivity contribution is -0.115. The number of nitrogens with one attached hydrogen (secondary N) is 1. The van der Waals surface area contributed by atoms with E-state index in [2.05, 4.69) is 16.4 Å².